The molecule has 0 aliphatic heterocycles. The van der Waals surface area contributed by atoms with E-state index in [2.05, 4.69) is 46.1 Å². The van der Waals surface area contributed by atoms with Crippen molar-refractivity contribution < 1.29 is 0 Å². The first-order valence-corrected chi connectivity index (χ1v) is 6.16. The third-order valence-corrected chi connectivity index (χ3v) is 3.66. The first-order chi connectivity index (χ1) is 7.09. The van der Waals surface area contributed by atoms with Gasteiger partial charge in [-0.3, -0.25) is 0 Å². The summed E-state index contributed by atoms with van der Waals surface area (Å²) in [7, 11) is 2.16. The highest BCUT2D eigenvalue weighted by Gasteiger charge is 2.26. The molecule has 2 rings (SSSR count). The van der Waals surface area contributed by atoms with Gasteiger partial charge in [-0.2, -0.15) is 0 Å². The van der Waals surface area contributed by atoms with Crippen molar-refractivity contribution in [3.8, 4) is 0 Å². The van der Waals surface area contributed by atoms with Crippen LogP contribution in [0.1, 0.15) is 31.4 Å². The number of benzene rings is 1. The number of anilines is 1. The van der Waals surface area contributed by atoms with Crippen LogP contribution in [-0.2, 0) is 0 Å². The molecule has 0 amide bonds. The lowest BCUT2D eigenvalue weighted by Gasteiger charge is -2.20. The van der Waals surface area contributed by atoms with Crippen LogP contribution in [0.15, 0.2) is 22.7 Å². The van der Waals surface area contributed by atoms with Crippen LogP contribution < -0.4 is 10.6 Å². The lowest BCUT2D eigenvalue weighted by Crippen LogP contribution is -2.19. The van der Waals surface area contributed by atoms with Crippen molar-refractivity contribution in [3.05, 3.63) is 28.2 Å². The molecule has 1 aromatic carbocycles. The van der Waals surface area contributed by atoms with Crippen molar-refractivity contribution in [2.24, 2.45) is 5.73 Å². The Morgan fingerprint density at radius 3 is 2.60 bits per heavy atom. The number of halogens is 1. The quantitative estimate of drug-likeness (QED) is 0.913. The first kappa shape index (κ1) is 11.0. The van der Waals surface area contributed by atoms with Crippen molar-refractivity contribution in [1.29, 1.82) is 0 Å². The molecule has 2 nitrogen and oxygen atoms in total. The zero-order valence-corrected chi connectivity index (χ0v) is 10.8. The topological polar surface area (TPSA) is 29.3 Å². The highest BCUT2D eigenvalue weighted by atomic mass is 79.9. The average Bonchev–Trinajstić information content (AvgIpc) is 2.99. The number of nitrogens with two attached hydrogens (primary N) is 1. The van der Waals surface area contributed by atoms with Gasteiger partial charge in [0.15, 0.2) is 0 Å². The second-order valence-corrected chi connectivity index (χ2v) is 5.19. The van der Waals surface area contributed by atoms with E-state index < -0.39 is 0 Å². The lowest BCUT2D eigenvalue weighted by molar-refractivity contribution is 0.811. The summed E-state index contributed by atoms with van der Waals surface area (Å²) in [5.74, 6) is 0. The van der Waals surface area contributed by atoms with Gasteiger partial charge in [-0.05, 0) is 37.5 Å². The summed E-state index contributed by atoms with van der Waals surface area (Å²) >= 11 is 3.58. The number of rotatable bonds is 3. The molecule has 3 heteroatoms. The van der Waals surface area contributed by atoms with Crippen molar-refractivity contribution in [1.82, 2.24) is 0 Å². The molecule has 2 N–H and O–H groups in total. The molecule has 0 unspecified atom stereocenters. The third-order valence-electron chi connectivity index (χ3n) is 2.98. The number of hydrogen-bond donors (Lipinski definition) is 1. The van der Waals surface area contributed by atoms with Gasteiger partial charge in [0.05, 0.1) is 0 Å². The summed E-state index contributed by atoms with van der Waals surface area (Å²) < 4.78 is 1.11. The minimum Gasteiger partial charge on any atom is -0.372 e. The maximum Gasteiger partial charge on any atom is 0.0377 e. The van der Waals surface area contributed by atoms with Gasteiger partial charge in [-0.15, -0.1) is 0 Å². The molecule has 1 saturated carbocycles. The van der Waals surface area contributed by atoms with Gasteiger partial charge in [-0.1, -0.05) is 22.0 Å². The van der Waals surface area contributed by atoms with Crippen molar-refractivity contribution >= 4 is 21.6 Å². The molecule has 0 saturated heterocycles. The molecule has 0 radical (unpaired) electrons. The Bertz CT molecular complexity index is 359. The molecule has 82 valence electrons. The summed E-state index contributed by atoms with van der Waals surface area (Å²) in [6.07, 6.45) is 2.65. The summed E-state index contributed by atoms with van der Waals surface area (Å²) in [6.45, 7) is 2.00. The monoisotopic (exact) mass is 268 g/mol. The zero-order valence-electron chi connectivity index (χ0n) is 9.20. The Balaban J connectivity index is 2.24. The van der Waals surface area contributed by atoms with Gasteiger partial charge in [0.25, 0.3) is 0 Å². The predicted molar refractivity (Wildman–Crippen MR) is 68.2 cm³/mol. The zero-order chi connectivity index (χ0) is 11.0. The van der Waals surface area contributed by atoms with E-state index in [-0.39, 0.29) is 6.04 Å². The largest absolute Gasteiger partial charge is 0.372 e. The van der Waals surface area contributed by atoms with Crippen LogP contribution in [0.3, 0.4) is 0 Å². The maximum atomic E-state index is 5.87. The normalized spacial score (nSPS) is 17.6. The van der Waals surface area contributed by atoms with Crippen molar-refractivity contribution in [2.75, 3.05) is 11.9 Å². The van der Waals surface area contributed by atoms with Gasteiger partial charge >= 0.3 is 0 Å². The highest BCUT2D eigenvalue weighted by molar-refractivity contribution is 9.10. The standard InChI is InChI=1S/C12H17BrN2/c1-8(14)11-6-5-10(7-12(11)13)15(2)9-3-4-9/h5-9H,3-4,14H2,1-2H3/t8-/m0/s1. The van der Waals surface area contributed by atoms with E-state index in [0.717, 1.165) is 10.5 Å². The van der Waals surface area contributed by atoms with Gasteiger partial charge < -0.3 is 10.6 Å². The fraction of sp³-hybridized carbons (Fsp3) is 0.500. The van der Waals surface area contributed by atoms with E-state index in [1.807, 2.05) is 6.92 Å². The van der Waals surface area contributed by atoms with Crippen molar-refractivity contribution in [3.63, 3.8) is 0 Å². The lowest BCUT2D eigenvalue weighted by atomic mass is 10.1. The van der Waals surface area contributed by atoms with Crippen LogP contribution in [0.2, 0.25) is 0 Å². The van der Waals surface area contributed by atoms with Crippen LogP contribution in [-0.4, -0.2) is 13.1 Å². The number of hydrogen-bond acceptors (Lipinski definition) is 2. The minimum atomic E-state index is 0.0830. The van der Waals surface area contributed by atoms with E-state index in [4.69, 9.17) is 5.73 Å². The maximum absolute atomic E-state index is 5.87. The predicted octanol–water partition coefficient (Wildman–Crippen LogP) is 3.07. The second-order valence-electron chi connectivity index (χ2n) is 4.34. The Morgan fingerprint density at radius 2 is 2.13 bits per heavy atom. The summed E-state index contributed by atoms with van der Waals surface area (Å²) in [6, 6.07) is 7.26. The summed E-state index contributed by atoms with van der Waals surface area (Å²) in [5.41, 5.74) is 8.31. The molecule has 1 fully saturated rings. The van der Waals surface area contributed by atoms with Crippen LogP contribution in [0.5, 0.6) is 0 Å². The van der Waals surface area contributed by atoms with E-state index in [1.54, 1.807) is 0 Å². The molecule has 1 aliphatic carbocycles. The Kier molecular flexibility index (Phi) is 3.03. The van der Waals surface area contributed by atoms with Gasteiger partial charge in [0.2, 0.25) is 0 Å². The molecule has 0 aromatic heterocycles. The molecule has 0 bridgehead atoms. The first-order valence-electron chi connectivity index (χ1n) is 5.37. The van der Waals surface area contributed by atoms with E-state index in [1.165, 1.54) is 24.1 Å². The van der Waals surface area contributed by atoms with Crippen LogP contribution in [0.25, 0.3) is 0 Å². The summed E-state index contributed by atoms with van der Waals surface area (Å²) in [4.78, 5) is 2.34. The summed E-state index contributed by atoms with van der Waals surface area (Å²) in [5, 5.41) is 0. The Morgan fingerprint density at radius 1 is 1.47 bits per heavy atom. The van der Waals surface area contributed by atoms with E-state index >= 15 is 0 Å². The average molecular weight is 269 g/mol. The molecular weight excluding hydrogens is 252 g/mol. The van der Waals surface area contributed by atoms with E-state index in [0.29, 0.717) is 0 Å². The fourth-order valence-corrected chi connectivity index (χ4v) is 2.51. The fourth-order valence-electron chi connectivity index (χ4n) is 1.78. The van der Waals surface area contributed by atoms with Gasteiger partial charge in [0, 0.05) is 29.3 Å². The molecular formula is C12H17BrN2. The molecule has 0 heterocycles. The third kappa shape index (κ3) is 2.34. The Hall–Kier alpha value is -0.540. The number of nitrogens with zero attached hydrogens (tertiary/aromatic N) is 1. The van der Waals surface area contributed by atoms with Gasteiger partial charge in [0.1, 0.15) is 0 Å². The van der Waals surface area contributed by atoms with Gasteiger partial charge in [-0.25, -0.2) is 0 Å². The molecule has 0 spiro atoms. The molecule has 1 aromatic rings. The second kappa shape index (κ2) is 4.14. The van der Waals surface area contributed by atoms with Crippen molar-refractivity contribution in [2.45, 2.75) is 31.8 Å². The smallest absolute Gasteiger partial charge is 0.0377 e. The molecule has 1 atom stereocenters. The minimum absolute atomic E-state index is 0.0830. The Labute approximate surface area is 99.6 Å². The highest BCUT2D eigenvalue weighted by Crippen LogP contribution is 2.33. The SMILES string of the molecule is C[C@H](N)c1ccc(N(C)C2CC2)cc1Br. The van der Waals surface area contributed by atoms with Crippen LogP contribution >= 0.6 is 15.9 Å². The van der Waals surface area contributed by atoms with E-state index in [9.17, 15) is 0 Å². The molecule has 15 heavy (non-hydrogen) atoms. The molecule has 1 aliphatic rings. The van der Waals surface area contributed by atoms with Crippen LogP contribution in [0.4, 0.5) is 5.69 Å². The van der Waals surface area contributed by atoms with Crippen LogP contribution in [0, 0.1) is 0 Å².